The summed E-state index contributed by atoms with van der Waals surface area (Å²) < 4.78 is 0. The third-order valence-corrected chi connectivity index (χ3v) is 4.12. The topological polar surface area (TPSA) is 3.24 Å². The van der Waals surface area contributed by atoms with E-state index in [4.69, 9.17) is 0 Å². The Labute approximate surface area is 88.9 Å². The van der Waals surface area contributed by atoms with Crippen molar-refractivity contribution in [3.63, 3.8) is 0 Å². The van der Waals surface area contributed by atoms with E-state index in [1.54, 1.807) is 0 Å². The molecule has 0 unspecified atom stereocenters. The van der Waals surface area contributed by atoms with Crippen molar-refractivity contribution < 1.29 is 0 Å². The minimum Gasteiger partial charge on any atom is -0.300 e. The van der Waals surface area contributed by atoms with Crippen LogP contribution in [0, 0.1) is 5.92 Å². The molecule has 1 aliphatic carbocycles. The van der Waals surface area contributed by atoms with E-state index in [-0.39, 0.29) is 0 Å². The summed E-state index contributed by atoms with van der Waals surface area (Å²) in [5.74, 6) is 1.06. The summed E-state index contributed by atoms with van der Waals surface area (Å²) in [6.07, 6.45) is 11.7. The molecule has 3 aliphatic rings. The molecule has 82 valence electrons. The molecule has 1 heteroatoms. The molecule has 0 N–H and O–H groups in total. The van der Waals surface area contributed by atoms with Crippen molar-refractivity contribution in [2.24, 2.45) is 5.92 Å². The third kappa shape index (κ3) is 2.50. The van der Waals surface area contributed by atoms with E-state index in [2.05, 4.69) is 11.8 Å². The molecule has 1 nitrogen and oxygen atoms in total. The van der Waals surface area contributed by atoms with E-state index in [0.29, 0.717) is 0 Å². The molecule has 0 atom stereocenters. The lowest BCUT2D eigenvalue weighted by Crippen LogP contribution is -2.48. The van der Waals surface area contributed by atoms with E-state index in [9.17, 15) is 0 Å². The van der Waals surface area contributed by atoms with Gasteiger partial charge < -0.3 is 4.90 Å². The zero-order chi connectivity index (χ0) is 9.80. The molecule has 0 aromatic heterocycles. The van der Waals surface area contributed by atoms with E-state index in [1.165, 1.54) is 64.5 Å². The highest BCUT2D eigenvalue weighted by Gasteiger charge is 2.32. The normalized spacial score (nSPS) is 32.4. The van der Waals surface area contributed by atoms with Crippen LogP contribution in [-0.4, -0.2) is 24.0 Å². The number of piperidine rings is 2. The quantitative estimate of drug-likeness (QED) is 0.607. The van der Waals surface area contributed by atoms with Gasteiger partial charge in [-0.1, -0.05) is 26.2 Å². The lowest BCUT2D eigenvalue weighted by molar-refractivity contribution is 0.0477. The molecule has 0 spiro atoms. The summed E-state index contributed by atoms with van der Waals surface area (Å²) in [7, 11) is 0. The summed E-state index contributed by atoms with van der Waals surface area (Å²) in [6, 6.07) is 0.974. The summed E-state index contributed by atoms with van der Waals surface area (Å²) in [5, 5.41) is 0. The van der Waals surface area contributed by atoms with Gasteiger partial charge in [0.05, 0.1) is 0 Å². The van der Waals surface area contributed by atoms with Crippen LogP contribution in [0.25, 0.3) is 0 Å². The number of hydrogen-bond donors (Lipinski definition) is 0. The van der Waals surface area contributed by atoms with Crippen molar-refractivity contribution in [3.05, 3.63) is 0 Å². The SMILES string of the molecule is CCCCCCN1CC2CCC1CC2. The molecule has 2 saturated heterocycles. The monoisotopic (exact) mass is 195 g/mol. The van der Waals surface area contributed by atoms with Crippen LogP contribution in [0.4, 0.5) is 0 Å². The summed E-state index contributed by atoms with van der Waals surface area (Å²) in [5.41, 5.74) is 0. The molecular weight excluding hydrogens is 170 g/mol. The van der Waals surface area contributed by atoms with E-state index < -0.39 is 0 Å². The van der Waals surface area contributed by atoms with Gasteiger partial charge in [-0.15, -0.1) is 0 Å². The molecule has 0 amide bonds. The van der Waals surface area contributed by atoms with Crippen LogP contribution >= 0.6 is 0 Å². The molecule has 3 rings (SSSR count). The van der Waals surface area contributed by atoms with Crippen molar-refractivity contribution in [2.75, 3.05) is 13.1 Å². The highest BCUT2D eigenvalue weighted by atomic mass is 15.2. The largest absolute Gasteiger partial charge is 0.300 e. The smallest absolute Gasteiger partial charge is 0.00955 e. The minimum atomic E-state index is 0.974. The average Bonchev–Trinajstić information content (AvgIpc) is 2.26. The van der Waals surface area contributed by atoms with Crippen LogP contribution in [0.2, 0.25) is 0 Å². The Morgan fingerprint density at radius 1 is 1.00 bits per heavy atom. The molecule has 2 aliphatic heterocycles. The van der Waals surface area contributed by atoms with Gasteiger partial charge in [-0.3, -0.25) is 0 Å². The van der Waals surface area contributed by atoms with Gasteiger partial charge in [0.1, 0.15) is 0 Å². The van der Waals surface area contributed by atoms with Crippen LogP contribution in [-0.2, 0) is 0 Å². The Morgan fingerprint density at radius 3 is 2.36 bits per heavy atom. The van der Waals surface area contributed by atoms with E-state index >= 15 is 0 Å². The molecule has 0 aromatic carbocycles. The van der Waals surface area contributed by atoms with Crippen molar-refractivity contribution in [3.8, 4) is 0 Å². The maximum absolute atomic E-state index is 2.79. The standard InChI is InChI=1S/C13H25N/c1-2-3-4-5-10-14-11-12-6-8-13(14)9-7-12/h12-13H,2-11H2,1H3. The molecule has 0 radical (unpaired) electrons. The van der Waals surface area contributed by atoms with Gasteiger partial charge >= 0.3 is 0 Å². The Balaban J connectivity index is 1.66. The molecule has 14 heavy (non-hydrogen) atoms. The van der Waals surface area contributed by atoms with Gasteiger partial charge in [-0.05, 0) is 44.6 Å². The van der Waals surface area contributed by atoms with E-state index in [0.717, 1.165) is 12.0 Å². The van der Waals surface area contributed by atoms with Gasteiger partial charge in [-0.25, -0.2) is 0 Å². The second-order valence-corrected chi connectivity index (χ2v) is 5.23. The van der Waals surface area contributed by atoms with Gasteiger partial charge in [-0.2, -0.15) is 0 Å². The first kappa shape index (κ1) is 10.5. The fraction of sp³-hybridized carbons (Fsp3) is 1.00. The highest BCUT2D eigenvalue weighted by molar-refractivity contribution is 4.87. The third-order valence-electron chi connectivity index (χ3n) is 4.12. The maximum Gasteiger partial charge on any atom is 0.00955 e. The van der Waals surface area contributed by atoms with Crippen LogP contribution in [0.15, 0.2) is 0 Å². The number of nitrogens with zero attached hydrogens (tertiary/aromatic N) is 1. The van der Waals surface area contributed by atoms with Gasteiger partial charge in [0.15, 0.2) is 0 Å². The number of rotatable bonds is 5. The van der Waals surface area contributed by atoms with E-state index in [1.807, 2.05) is 0 Å². The van der Waals surface area contributed by atoms with Crippen LogP contribution in [0.1, 0.15) is 58.3 Å². The highest BCUT2D eigenvalue weighted by Crippen LogP contribution is 2.34. The fourth-order valence-electron chi connectivity index (χ4n) is 3.19. The lowest BCUT2D eigenvalue weighted by Gasteiger charge is -2.45. The number of hydrogen-bond acceptors (Lipinski definition) is 1. The van der Waals surface area contributed by atoms with Crippen molar-refractivity contribution in [1.82, 2.24) is 4.90 Å². The first-order valence-corrected chi connectivity index (χ1v) is 6.64. The van der Waals surface area contributed by atoms with Gasteiger partial charge in [0.2, 0.25) is 0 Å². The van der Waals surface area contributed by atoms with Gasteiger partial charge in [0.25, 0.3) is 0 Å². The molecule has 2 bridgehead atoms. The molecule has 2 heterocycles. The second-order valence-electron chi connectivity index (χ2n) is 5.23. The van der Waals surface area contributed by atoms with Crippen molar-refractivity contribution in [2.45, 2.75) is 64.3 Å². The minimum absolute atomic E-state index is 0.974. The predicted molar refractivity (Wildman–Crippen MR) is 61.5 cm³/mol. The molecule has 3 fully saturated rings. The number of fused-ring (bicyclic) bond motifs is 3. The zero-order valence-electron chi connectivity index (χ0n) is 9.67. The second kappa shape index (κ2) is 5.16. The van der Waals surface area contributed by atoms with Crippen LogP contribution in [0.3, 0.4) is 0 Å². The zero-order valence-corrected chi connectivity index (χ0v) is 9.67. The Hall–Kier alpha value is -0.0400. The Morgan fingerprint density at radius 2 is 1.79 bits per heavy atom. The van der Waals surface area contributed by atoms with Crippen LogP contribution < -0.4 is 0 Å². The Kier molecular flexibility index (Phi) is 3.86. The van der Waals surface area contributed by atoms with Crippen molar-refractivity contribution in [1.29, 1.82) is 0 Å². The first-order chi connectivity index (χ1) is 6.90. The Bertz CT molecular complexity index is 159. The molecule has 1 saturated carbocycles. The summed E-state index contributed by atoms with van der Waals surface area (Å²) in [4.78, 5) is 2.79. The first-order valence-electron chi connectivity index (χ1n) is 6.64. The molecular formula is C13H25N. The van der Waals surface area contributed by atoms with Crippen LogP contribution in [0.5, 0.6) is 0 Å². The summed E-state index contributed by atoms with van der Waals surface area (Å²) >= 11 is 0. The average molecular weight is 195 g/mol. The maximum atomic E-state index is 2.79. The van der Waals surface area contributed by atoms with Gasteiger partial charge in [0, 0.05) is 12.6 Å². The van der Waals surface area contributed by atoms with Crippen molar-refractivity contribution >= 4 is 0 Å². The number of unbranched alkanes of at least 4 members (excludes halogenated alkanes) is 3. The fourth-order valence-corrected chi connectivity index (χ4v) is 3.19. The lowest BCUT2D eigenvalue weighted by atomic mass is 9.80. The predicted octanol–water partition coefficient (Wildman–Crippen LogP) is 3.44. The molecule has 0 aromatic rings. The summed E-state index contributed by atoms with van der Waals surface area (Å²) in [6.45, 7) is 5.11.